The van der Waals surface area contributed by atoms with Crippen LogP contribution in [0.3, 0.4) is 0 Å². The number of hydrogen-bond acceptors (Lipinski definition) is 7. The third-order valence-corrected chi connectivity index (χ3v) is 5.77. The molecule has 2 N–H and O–H groups in total. The van der Waals surface area contributed by atoms with E-state index in [-0.39, 0.29) is 24.6 Å². The Hall–Kier alpha value is -3.80. The van der Waals surface area contributed by atoms with Gasteiger partial charge < -0.3 is 15.4 Å². The summed E-state index contributed by atoms with van der Waals surface area (Å²) in [5.41, 5.74) is 7.04. The Balaban J connectivity index is 1.52. The van der Waals surface area contributed by atoms with Gasteiger partial charge in [0.1, 0.15) is 17.2 Å². The molecule has 1 atom stereocenters. The number of anilines is 1. The van der Waals surface area contributed by atoms with Crippen LogP contribution in [0.4, 0.5) is 19.0 Å². The summed E-state index contributed by atoms with van der Waals surface area (Å²) in [5.74, 6) is -0.115. The standard InChI is InChI=1S/C21H18F3N7O2/c1-30(16-9-33-8-15-10(16)3-4-17(28-15)21(22,23)24)20(32)13-5-11-14(7-26-13)29-19(25)12-6-27-31(2)18(11)12/h3-7,16H,8-9H2,1-2H3,(H2,25,29)/t16-/m1/s1. The SMILES string of the molecule is CN(C(=O)c1cc2c(cn1)nc(N)c1cnn(C)c12)[C@@H]1COCc2nc(C(F)(F)F)ccc21. The van der Waals surface area contributed by atoms with E-state index in [4.69, 9.17) is 10.5 Å². The number of nitrogen functional groups attached to an aromatic ring is 1. The molecule has 33 heavy (non-hydrogen) atoms. The summed E-state index contributed by atoms with van der Waals surface area (Å²) in [4.78, 5) is 27.0. The van der Waals surface area contributed by atoms with Gasteiger partial charge in [0.2, 0.25) is 0 Å². The van der Waals surface area contributed by atoms with Gasteiger partial charge in [0.25, 0.3) is 5.91 Å². The first-order valence-electron chi connectivity index (χ1n) is 9.94. The molecule has 0 fully saturated rings. The van der Waals surface area contributed by atoms with E-state index in [9.17, 15) is 18.0 Å². The van der Waals surface area contributed by atoms with Crippen molar-refractivity contribution in [2.75, 3.05) is 19.4 Å². The Morgan fingerprint density at radius 1 is 1.24 bits per heavy atom. The fourth-order valence-corrected chi connectivity index (χ4v) is 4.07. The van der Waals surface area contributed by atoms with E-state index in [0.717, 1.165) is 6.07 Å². The zero-order valence-corrected chi connectivity index (χ0v) is 17.6. The fraction of sp³-hybridized carbons (Fsp3) is 0.286. The number of alkyl halides is 3. The lowest BCUT2D eigenvalue weighted by Crippen LogP contribution is -2.37. The Morgan fingerprint density at radius 2 is 2.03 bits per heavy atom. The van der Waals surface area contributed by atoms with Crippen molar-refractivity contribution in [3.8, 4) is 0 Å². The molecule has 1 aliphatic rings. The number of pyridine rings is 3. The van der Waals surface area contributed by atoms with E-state index in [1.54, 1.807) is 31.0 Å². The first-order chi connectivity index (χ1) is 15.6. The molecule has 0 unspecified atom stereocenters. The predicted molar refractivity (Wildman–Crippen MR) is 112 cm³/mol. The number of aryl methyl sites for hydroxylation is 1. The number of halogens is 3. The van der Waals surface area contributed by atoms with Gasteiger partial charge in [0.05, 0.1) is 53.8 Å². The highest BCUT2D eigenvalue weighted by molar-refractivity contribution is 6.09. The minimum absolute atomic E-state index is 0.0580. The highest BCUT2D eigenvalue weighted by Crippen LogP contribution is 2.34. The normalized spacial score (nSPS) is 16.2. The van der Waals surface area contributed by atoms with Gasteiger partial charge in [-0.05, 0) is 12.1 Å². The summed E-state index contributed by atoms with van der Waals surface area (Å²) < 4.78 is 46.2. The first-order valence-corrected chi connectivity index (χ1v) is 9.94. The fourth-order valence-electron chi connectivity index (χ4n) is 4.07. The van der Waals surface area contributed by atoms with E-state index in [2.05, 4.69) is 20.1 Å². The lowest BCUT2D eigenvalue weighted by Gasteiger charge is -2.32. The zero-order valence-electron chi connectivity index (χ0n) is 17.6. The maximum absolute atomic E-state index is 13.3. The number of ether oxygens (including phenoxy) is 1. The van der Waals surface area contributed by atoms with Gasteiger partial charge in [-0.15, -0.1) is 0 Å². The minimum Gasteiger partial charge on any atom is -0.383 e. The average Bonchev–Trinajstić information content (AvgIpc) is 3.19. The zero-order chi connectivity index (χ0) is 23.5. The molecule has 5 heterocycles. The summed E-state index contributed by atoms with van der Waals surface area (Å²) in [6.45, 7) is 0.0670. The molecule has 0 aromatic carbocycles. The molecule has 5 rings (SSSR count). The highest BCUT2D eigenvalue weighted by Gasteiger charge is 2.36. The summed E-state index contributed by atoms with van der Waals surface area (Å²) in [5, 5.41) is 5.53. The number of likely N-dealkylation sites (N-methyl/N-ethyl adjacent to an activating group) is 1. The number of hydrogen-bond donors (Lipinski definition) is 1. The van der Waals surface area contributed by atoms with Gasteiger partial charge in [-0.1, -0.05) is 6.07 Å². The molecule has 0 saturated heterocycles. The highest BCUT2D eigenvalue weighted by atomic mass is 19.4. The van der Waals surface area contributed by atoms with Crippen molar-refractivity contribution in [1.29, 1.82) is 0 Å². The molecule has 0 aliphatic carbocycles. The van der Waals surface area contributed by atoms with Crippen molar-refractivity contribution in [2.24, 2.45) is 7.05 Å². The number of nitrogens with zero attached hydrogens (tertiary/aromatic N) is 6. The van der Waals surface area contributed by atoms with Crippen molar-refractivity contribution in [3.63, 3.8) is 0 Å². The topological polar surface area (TPSA) is 112 Å². The van der Waals surface area contributed by atoms with Crippen LogP contribution in [0.2, 0.25) is 0 Å². The summed E-state index contributed by atoms with van der Waals surface area (Å²) in [6, 6.07) is 3.26. The van der Waals surface area contributed by atoms with Gasteiger partial charge >= 0.3 is 6.18 Å². The number of carbonyl (C=O) groups excluding carboxylic acids is 1. The van der Waals surface area contributed by atoms with Crippen LogP contribution in [-0.4, -0.2) is 49.2 Å². The minimum atomic E-state index is -4.56. The molecule has 9 nitrogen and oxygen atoms in total. The monoisotopic (exact) mass is 457 g/mol. The van der Waals surface area contributed by atoms with Gasteiger partial charge in [0.15, 0.2) is 0 Å². The average molecular weight is 457 g/mol. The molecular weight excluding hydrogens is 439 g/mol. The lowest BCUT2D eigenvalue weighted by atomic mass is 10.0. The van der Waals surface area contributed by atoms with Crippen molar-refractivity contribution < 1.29 is 22.7 Å². The van der Waals surface area contributed by atoms with Crippen LogP contribution in [0.15, 0.2) is 30.6 Å². The van der Waals surface area contributed by atoms with Crippen molar-refractivity contribution in [2.45, 2.75) is 18.8 Å². The first kappa shape index (κ1) is 21.1. The van der Waals surface area contributed by atoms with Gasteiger partial charge in [0, 0.05) is 25.0 Å². The lowest BCUT2D eigenvalue weighted by molar-refractivity contribution is -0.141. The largest absolute Gasteiger partial charge is 0.433 e. The summed E-state index contributed by atoms with van der Waals surface area (Å²) in [7, 11) is 3.31. The number of nitrogens with two attached hydrogens (primary N) is 1. The number of carbonyl (C=O) groups is 1. The van der Waals surface area contributed by atoms with E-state index in [0.29, 0.717) is 33.2 Å². The molecule has 0 radical (unpaired) electrons. The number of fused-ring (bicyclic) bond motifs is 4. The molecule has 0 spiro atoms. The quantitative estimate of drug-likeness (QED) is 0.493. The molecule has 0 bridgehead atoms. The van der Waals surface area contributed by atoms with Crippen LogP contribution in [0, 0.1) is 0 Å². The third-order valence-electron chi connectivity index (χ3n) is 5.77. The van der Waals surface area contributed by atoms with Gasteiger partial charge in [-0.25, -0.2) is 15.0 Å². The summed E-state index contributed by atoms with van der Waals surface area (Å²) >= 11 is 0. The molecule has 1 aliphatic heterocycles. The molecule has 0 saturated carbocycles. The van der Waals surface area contributed by atoms with E-state index >= 15 is 0 Å². The Morgan fingerprint density at radius 3 is 2.79 bits per heavy atom. The second kappa shape index (κ2) is 7.37. The maximum Gasteiger partial charge on any atom is 0.433 e. The summed E-state index contributed by atoms with van der Waals surface area (Å²) in [6.07, 6.45) is -1.50. The van der Waals surface area contributed by atoms with Crippen molar-refractivity contribution >= 4 is 33.5 Å². The van der Waals surface area contributed by atoms with Gasteiger partial charge in [-0.2, -0.15) is 18.3 Å². The van der Waals surface area contributed by atoms with Crippen molar-refractivity contribution in [1.82, 2.24) is 29.6 Å². The van der Waals surface area contributed by atoms with E-state index in [1.165, 1.54) is 17.2 Å². The number of aromatic nitrogens is 5. The number of amides is 1. The molecule has 1 amide bonds. The molecule has 4 aromatic heterocycles. The van der Waals surface area contributed by atoms with E-state index < -0.39 is 23.8 Å². The molecule has 170 valence electrons. The second-order valence-electron chi connectivity index (χ2n) is 7.79. The van der Waals surface area contributed by atoms with Crippen molar-refractivity contribution in [3.05, 3.63) is 53.2 Å². The van der Waals surface area contributed by atoms with Crippen LogP contribution in [0.5, 0.6) is 0 Å². The van der Waals surface area contributed by atoms with Crippen LogP contribution >= 0.6 is 0 Å². The molecular formula is C21H18F3N7O2. The predicted octanol–water partition coefficient (Wildman–Crippen LogP) is 2.86. The van der Waals surface area contributed by atoms with Crippen LogP contribution < -0.4 is 5.73 Å². The Kier molecular flexibility index (Phi) is 4.71. The van der Waals surface area contributed by atoms with Gasteiger partial charge in [-0.3, -0.25) is 9.48 Å². The van der Waals surface area contributed by atoms with Crippen LogP contribution in [0.25, 0.3) is 21.8 Å². The van der Waals surface area contributed by atoms with E-state index in [1.807, 2.05) is 0 Å². The second-order valence-corrected chi connectivity index (χ2v) is 7.79. The third kappa shape index (κ3) is 3.42. The van der Waals surface area contributed by atoms with Crippen LogP contribution in [-0.2, 0) is 24.6 Å². The Bertz CT molecular complexity index is 1420. The number of rotatable bonds is 2. The smallest absolute Gasteiger partial charge is 0.383 e. The van der Waals surface area contributed by atoms with Crippen LogP contribution in [0.1, 0.15) is 33.5 Å². The molecule has 12 heteroatoms. The molecule has 4 aromatic rings. The maximum atomic E-state index is 13.3. The Labute approximate surface area is 185 Å².